The van der Waals surface area contributed by atoms with Crippen molar-refractivity contribution in [3.63, 3.8) is 0 Å². The SMILES string of the molecule is Cc1nc(C(=O)O)c2n1-c1ccc(Cl)cc1C(c1ccccc1F)=[N+]([O-])C2. The summed E-state index contributed by atoms with van der Waals surface area (Å²) >= 11 is 6.15. The minimum atomic E-state index is -1.23. The number of hydroxylamine groups is 1. The fraction of sp³-hybridized carbons (Fsp3) is 0.105. The largest absolute Gasteiger partial charge is 0.623 e. The summed E-state index contributed by atoms with van der Waals surface area (Å²) in [5.74, 6) is -1.38. The topological polar surface area (TPSA) is 81.2 Å². The molecular weight excluding hydrogens is 373 g/mol. The Morgan fingerprint density at radius 3 is 2.74 bits per heavy atom. The van der Waals surface area contributed by atoms with Gasteiger partial charge in [0.15, 0.2) is 12.2 Å². The van der Waals surface area contributed by atoms with E-state index in [-0.39, 0.29) is 29.2 Å². The summed E-state index contributed by atoms with van der Waals surface area (Å²) in [4.78, 5) is 15.7. The molecular formula is C19H13ClFN3O3. The van der Waals surface area contributed by atoms with E-state index in [1.165, 1.54) is 18.2 Å². The van der Waals surface area contributed by atoms with Crippen molar-refractivity contribution in [1.82, 2.24) is 9.55 Å². The van der Waals surface area contributed by atoms with Crippen molar-refractivity contribution in [2.24, 2.45) is 0 Å². The smallest absolute Gasteiger partial charge is 0.356 e. The van der Waals surface area contributed by atoms with Crippen LogP contribution in [0.15, 0.2) is 42.5 Å². The number of fused-ring (bicyclic) bond motifs is 3. The zero-order chi connectivity index (χ0) is 19.3. The number of carboxylic acid groups (broad SMARTS) is 1. The standard InChI is InChI=1S/C19H13ClFN3O3/c1-10-22-17(19(25)26)16-9-23(27)18(12-4-2-3-5-14(12)21)13-8-11(20)6-7-15(13)24(10)16/h2-8H,9H2,1H3,(H,25,26). The molecule has 27 heavy (non-hydrogen) atoms. The molecule has 8 heteroatoms. The lowest BCUT2D eigenvalue weighted by molar-refractivity contribution is -0.474. The van der Waals surface area contributed by atoms with Gasteiger partial charge >= 0.3 is 5.97 Å². The molecule has 1 N–H and O–H groups in total. The molecule has 136 valence electrons. The normalized spacial score (nSPS) is 13.1. The molecule has 0 bridgehead atoms. The Bertz CT molecular complexity index is 1140. The molecule has 0 unspecified atom stereocenters. The molecule has 0 amide bonds. The van der Waals surface area contributed by atoms with Gasteiger partial charge in [0.25, 0.3) is 0 Å². The molecule has 4 rings (SSSR count). The maximum absolute atomic E-state index is 14.5. The van der Waals surface area contributed by atoms with E-state index >= 15 is 0 Å². The zero-order valence-corrected chi connectivity index (χ0v) is 14.9. The third-order valence-electron chi connectivity index (χ3n) is 4.47. The molecule has 0 radical (unpaired) electrons. The molecule has 3 aromatic rings. The lowest BCUT2D eigenvalue weighted by Gasteiger charge is -2.12. The summed E-state index contributed by atoms with van der Waals surface area (Å²) in [6, 6.07) is 10.8. The number of hydrogen-bond donors (Lipinski definition) is 1. The Hall–Kier alpha value is -3.19. The molecule has 0 saturated carbocycles. The van der Waals surface area contributed by atoms with Gasteiger partial charge in [-0.2, -0.15) is 4.74 Å². The van der Waals surface area contributed by atoms with Crippen LogP contribution < -0.4 is 0 Å². The minimum Gasteiger partial charge on any atom is -0.623 e. The van der Waals surface area contributed by atoms with E-state index in [4.69, 9.17) is 11.6 Å². The van der Waals surface area contributed by atoms with Crippen LogP contribution in [0.2, 0.25) is 5.02 Å². The number of hydrogen-bond acceptors (Lipinski definition) is 3. The van der Waals surface area contributed by atoms with Crippen molar-refractivity contribution >= 4 is 23.3 Å². The number of rotatable bonds is 2. The van der Waals surface area contributed by atoms with Crippen molar-refractivity contribution in [2.75, 3.05) is 0 Å². The maximum atomic E-state index is 14.5. The first-order chi connectivity index (χ1) is 12.9. The monoisotopic (exact) mass is 385 g/mol. The minimum absolute atomic E-state index is 0.0880. The molecule has 1 aromatic heterocycles. The second kappa shape index (κ2) is 6.21. The number of nitrogens with zero attached hydrogens (tertiary/aromatic N) is 3. The predicted octanol–water partition coefficient (Wildman–Crippen LogP) is 3.53. The number of carbonyl (C=O) groups is 1. The number of aromatic carboxylic acids is 1. The van der Waals surface area contributed by atoms with Crippen molar-refractivity contribution in [1.29, 1.82) is 0 Å². The first-order valence-corrected chi connectivity index (χ1v) is 8.44. The van der Waals surface area contributed by atoms with E-state index in [1.807, 2.05) is 0 Å². The van der Waals surface area contributed by atoms with Crippen molar-refractivity contribution < 1.29 is 19.0 Å². The highest BCUT2D eigenvalue weighted by Crippen LogP contribution is 2.30. The third-order valence-corrected chi connectivity index (χ3v) is 4.70. The van der Waals surface area contributed by atoms with Crippen molar-refractivity contribution in [3.05, 3.63) is 86.9 Å². The molecule has 2 heterocycles. The van der Waals surface area contributed by atoms with E-state index in [0.29, 0.717) is 26.8 Å². The summed E-state index contributed by atoms with van der Waals surface area (Å²) < 4.78 is 16.7. The summed E-state index contributed by atoms with van der Waals surface area (Å²) in [5, 5.41) is 22.9. The second-order valence-corrected chi connectivity index (χ2v) is 6.56. The Morgan fingerprint density at radius 1 is 1.30 bits per heavy atom. The van der Waals surface area contributed by atoms with Gasteiger partial charge in [-0.05, 0) is 37.3 Å². The number of halogens is 2. The Kier molecular flexibility index (Phi) is 3.96. The quantitative estimate of drug-likeness (QED) is 0.540. The van der Waals surface area contributed by atoms with Crippen LogP contribution in [0, 0.1) is 17.9 Å². The number of imidazole rings is 1. The van der Waals surface area contributed by atoms with Gasteiger partial charge in [0.05, 0.1) is 16.8 Å². The van der Waals surface area contributed by atoms with Gasteiger partial charge < -0.3 is 10.3 Å². The van der Waals surface area contributed by atoms with E-state index < -0.39 is 11.8 Å². The van der Waals surface area contributed by atoms with Crippen LogP contribution in [0.25, 0.3) is 5.69 Å². The summed E-state index contributed by atoms with van der Waals surface area (Å²) in [7, 11) is 0. The summed E-state index contributed by atoms with van der Waals surface area (Å²) in [5.41, 5.74) is 1.14. The van der Waals surface area contributed by atoms with Gasteiger partial charge in [-0.1, -0.05) is 23.7 Å². The van der Waals surface area contributed by atoms with Crippen LogP contribution in [-0.4, -0.2) is 31.1 Å². The number of aromatic nitrogens is 2. The summed E-state index contributed by atoms with van der Waals surface area (Å²) in [6.07, 6.45) is 0. The van der Waals surface area contributed by atoms with E-state index in [9.17, 15) is 19.5 Å². The van der Waals surface area contributed by atoms with Crippen LogP contribution >= 0.6 is 11.6 Å². The molecule has 1 aliphatic rings. The highest BCUT2D eigenvalue weighted by Gasteiger charge is 2.32. The zero-order valence-electron chi connectivity index (χ0n) is 14.1. The molecule has 0 saturated heterocycles. The Balaban J connectivity index is 2.11. The molecule has 0 fully saturated rings. The molecule has 2 aromatic carbocycles. The predicted molar refractivity (Wildman–Crippen MR) is 97.2 cm³/mol. The van der Waals surface area contributed by atoms with Crippen LogP contribution in [0.1, 0.15) is 33.1 Å². The van der Waals surface area contributed by atoms with E-state index in [0.717, 1.165) is 0 Å². The van der Waals surface area contributed by atoms with Gasteiger partial charge in [0.2, 0.25) is 5.71 Å². The first kappa shape index (κ1) is 17.2. The molecule has 0 aliphatic carbocycles. The van der Waals surface area contributed by atoms with E-state index in [2.05, 4.69) is 4.98 Å². The van der Waals surface area contributed by atoms with Gasteiger partial charge in [-0.25, -0.2) is 14.2 Å². The van der Waals surface area contributed by atoms with Crippen LogP contribution in [-0.2, 0) is 6.54 Å². The number of carboxylic acids is 1. The highest BCUT2D eigenvalue weighted by molar-refractivity contribution is 6.31. The number of aryl methyl sites for hydroxylation is 1. The molecule has 0 atom stereocenters. The van der Waals surface area contributed by atoms with Crippen molar-refractivity contribution in [3.8, 4) is 5.69 Å². The van der Waals surface area contributed by atoms with Crippen LogP contribution in [0.4, 0.5) is 4.39 Å². The van der Waals surface area contributed by atoms with Gasteiger partial charge in [0.1, 0.15) is 17.3 Å². The molecule has 0 spiro atoms. The third kappa shape index (κ3) is 2.67. The van der Waals surface area contributed by atoms with Crippen LogP contribution in [0.3, 0.4) is 0 Å². The fourth-order valence-corrected chi connectivity index (χ4v) is 3.56. The molecule has 6 nitrogen and oxygen atoms in total. The van der Waals surface area contributed by atoms with Gasteiger partial charge in [0, 0.05) is 5.02 Å². The molecule has 1 aliphatic heterocycles. The van der Waals surface area contributed by atoms with Gasteiger partial charge in [-0.3, -0.25) is 4.57 Å². The number of benzene rings is 2. The Morgan fingerprint density at radius 2 is 2.04 bits per heavy atom. The van der Waals surface area contributed by atoms with Crippen molar-refractivity contribution in [2.45, 2.75) is 13.5 Å². The Labute approximate surface area is 158 Å². The first-order valence-electron chi connectivity index (χ1n) is 8.07. The summed E-state index contributed by atoms with van der Waals surface area (Å²) in [6.45, 7) is 1.36. The fourth-order valence-electron chi connectivity index (χ4n) is 3.39. The second-order valence-electron chi connectivity index (χ2n) is 6.12. The lowest BCUT2D eigenvalue weighted by atomic mass is 10.00. The van der Waals surface area contributed by atoms with Gasteiger partial charge in [-0.15, -0.1) is 0 Å². The maximum Gasteiger partial charge on any atom is 0.356 e. The average Bonchev–Trinajstić information content (AvgIpc) is 2.87. The lowest BCUT2D eigenvalue weighted by Crippen LogP contribution is -2.19. The van der Waals surface area contributed by atoms with Crippen LogP contribution in [0.5, 0.6) is 0 Å². The highest BCUT2D eigenvalue weighted by atomic mass is 35.5. The average molecular weight is 386 g/mol. The van der Waals surface area contributed by atoms with E-state index in [1.54, 1.807) is 35.8 Å².